The van der Waals surface area contributed by atoms with E-state index in [-0.39, 0.29) is 0 Å². The van der Waals surface area contributed by atoms with Crippen molar-refractivity contribution in [2.45, 2.75) is 13.1 Å². The summed E-state index contributed by atoms with van der Waals surface area (Å²) in [7, 11) is 2.05. The summed E-state index contributed by atoms with van der Waals surface area (Å²) < 4.78 is 2.12. The molecule has 4 rings (SSSR count). The molecule has 0 fully saturated rings. The largest absolute Gasteiger partial charge is 0.327 e. The van der Waals surface area contributed by atoms with Gasteiger partial charge in [0, 0.05) is 30.7 Å². The third-order valence-corrected chi connectivity index (χ3v) is 4.17. The lowest BCUT2D eigenvalue weighted by Gasteiger charge is -2.05. The first-order valence-electron chi connectivity index (χ1n) is 6.67. The van der Waals surface area contributed by atoms with E-state index in [4.69, 9.17) is 16.6 Å². The Labute approximate surface area is 122 Å². The zero-order valence-corrected chi connectivity index (χ0v) is 11.9. The van der Waals surface area contributed by atoms with E-state index in [0.717, 1.165) is 40.5 Å². The van der Waals surface area contributed by atoms with E-state index in [1.54, 1.807) is 0 Å². The minimum absolute atomic E-state index is 0.723. The quantitative estimate of drug-likeness (QED) is 0.741. The third-order valence-electron chi connectivity index (χ3n) is 3.94. The van der Waals surface area contributed by atoms with Crippen molar-refractivity contribution in [1.29, 1.82) is 0 Å². The molecular formula is C16H14ClN3. The van der Waals surface area contributed by atoms with Gasteiger partial charge < -0.3 is 9.88 Å². The molecule has 0 unspecified atom stereocenters. The van der Waals surface area contributed by atoms with Gasteiger partial charge in [0.1, 0.15) is 5.82 Å². The van der Waals surface area contributed by atoms with Crippen molar-refractivity contribution < 1.29 is 0 Å². The fourth-order valence-corrected chi connectivity index (χ4v) is 3.03. The van der Waals surface area contributed by atoms with Gasteiger partial charge in [0.05, 0.1) is 11.0 Å². The van der Waals surface area contributed by atoms with Gasteiger partial charge in [-0.1, -0.05) is 23.7 Å². The summed E-state index contributed by atoms with van der Waals surface area (Å²) in [5.74, 6) is 0.983. The minimum atomic E-state index is 0.723. The molecule has 0 amide bonds. The van der Waals surface area contributed by atoms with Crippen LogP contribution in [0.15, 0.2) is 36.4 Å². The summed E-state index contributed by atoms with van der Waals surface area (Å²) in [6, 6.07) is 12.4. The van der Waals surface area contributed by atoms with Gasteiger partial charge >= 0.3 is 0 Å². The van der Waals surface area contributed by atoms with Crippen LogP contribution in [-0.2, 0) is 20.1 Å². The smallest absolute Gasteiger partial charge is 0.140 e. The maximum atomic E-state index is 6.05. The number of hydrogen-bond donors (Lipinski definition) is 1. The van der Waals surface area contributed by atoms with Crippen LogP contribution in [0.4, 0.5) is 0 Å². The summed E-state index contributed by atoms with van der Waals surface area (Å²) in [6.45, 7) is 1.91. The molecule has 2 heterocycles. The van der Waals surface area contributed by atoms with Gasteiger partial charge in [-0.05, 0) is 35.4 Å². The fourth-order valence-electron chi connectivity index (χ4n) is 2.87. The summed E-state index contributed by atoms with van der Waals surface area (Å²) in [5, 5.41) is 4.09. The second-order valence-corrected chi connectivity index (χ2v) is 5.65. The van der Waals surface area contributed by atoms with Gasteiger partial charge in [0.2, 0.25) is 0 Å². The van der Waals surface area contributed by atoms with Crippen LogP contribution in [0.3, 0.4) is 0 Å². The molecule has 3 aromatic rings. The lowest BCUT2D eigenvalue weighted by Crippen LogP contribution is -1.99. The highest BCUT2D eigenvalue weighted by Gasteiger charge is 2.14. The molecule has 0 atom stereocenters. The Morgan fingerprint density at radius 1 is 1.10 bits per heavy atom. The van der Waals surface area contributed by atoms with E-state index in [9.17, 15) is 0 Å². The molecule has 0 radical (unpaired) electrons. The Morgan fingerprint density at radius 2 is 1.95 bits per heavy atom. The van der Waals surface area contributed by atoms with Crippen molar-refractivity contribution in [3.63, 3.8) is 0 Å². The van der Waals surface area contributed by atoms with Crippen LogP contribution in [0.25, 0.3) is 22.4 Å². The molecule has 0 saturated heterocycles. The number of nitrogens with one attached hydrogen (secondary N) is 1. The van der Waals surface area contributed by atoms with E-state index in [2.05, 4.69) is 28.1 Å². The summed E-state index contributed by atoms with van der Waals surface area (Å²) in [4.78, 5) is 4.73. The topological polar surface area (TPSA) is 29.9 Å². The van der Waals surface area contributed by atoms with Crippen LogP contribution < -0.4 is 5.32 Å². The third kappa shape index (κ3) is 1.74. The molecule has 1 aliphatic rings. The highest BCUT2D eigenvalue weighted by Crippen LogP contribution is 2.28. The predicted molar refractivity (Wildman–Crippen MR) is 81.7 cm³/mol. The molecule has 4 heteroatoms. The van der Waals surface area contributed by atoms with Crippen LogP contribution in [0.1, 0.15) is 11.1 Å². The Balaban J connectivity index is 1.91. The van der Waals surface area contributed by atoms with Crippen LogP contribution in [0, 0.1) is 0 Å². The normalized spacial score (nSPS) is 13.9. The van der Waals surface area contributed by atoms with Crippen molar-refractivity contribution >= 4 is 22.6 Å². The lowest BCUT2D eigenvalue weighted by molar-refractivity contribution is 0.765. The van der Waals surface area contributed by atoms with E-state index >= 15 is 0 Å². The van der Waals surface area contributed by atoms with Crippen molar-refractivity contribution in [2.75, 3.05) is 0 Å². The molecule has 2 aromatic carbocycles. The first-order valence-corrected chi connectivity index (χ1v) is 7.05. The highest BCUT2D eigenvalue weighted by molar-refractivity contribution is 6.31. The van der Waals surface area contributed by atoms with E-state index < -0.39 is 0 Å². The summed E-state index contributed by atoms with van der Waals surface area (Å²) >= 11 is 6.05. The van der Waals surface area contributed by atoms with Crippen molar-refractivity contribution in [2.24, 2.45) is 7.05 Å². The number of rotatable bonds is 1. The maximum Gasteiger partial charge on any atom is 0.140 e. The van der Waals surface area contributed by atoms with Crippen LogP contribution in [-0.4, -0.2) is 9.55 Å². The first-order chi connectivity index (χ1) is 9.72. The molecule has 0 spiro atoms. The molecule has 3 nitrogen and oxygen atoms in total. The van der Waals surface area contributed by atoms with Crippen molar-refractivity contribution in [3.05, 3.63) is 52.5 Å². The van der Waals surface area contributed by atoms with Gasteiger partial charge in [-0.15, -0.1) is 0 Å². The number of aryl methyl sites for hydroxylation is 1. The van der Waals surface area contributed by atoms with Crippen molar-refractivity contribution in [3.8, 4) is 11.4 Å². The Kier molecular flexibility index (Phi) is 2.59. The molecular weight excluding hydrogens is 270 g/mol. The minimum Gasteiger partial charge on any atom is -0.327 e. The number of aromatic nitrogens is 2. The Morgan fingerprint density at radius 3 is 2.85 bits per heavy atom. The molecule has 1 aliphatic heterocycles. The van der Waals surface area contributed by atoms with E-state index in [1.807, 2.05) is 25.2 Å². The lowest BCUT2D eigenvalue weighted by atomic mass is 10.1. The molecule has 0 bridgehead atoms. The van der Waals surface area contributed by atoms with E-state index in [1.165, 1.54) is 11.1 Å². The maximum absolute atomic E-state index is 6.05. The number of halogens is 1. The zero-order valence-electron chi connectivity index (χ0n) is 11.2. The van der Waals surface area contributed by atoms with Gasteiger partial charge in [-0.2, -0.15) is 0 Å². The monoisotopic (exact) mass is 283 g/mol. The molecule has 1 N–H and O–H groups in total. The van der Waals surface area contributed by atoms with Gasteiger partial charge in [-0.3, -0.25) is 0 Å². The average molecular weight is 284 g/mol. The van der Waals surface area contributed by atoms with Crippen LogP contribution in [0.5, 0.6) is 0 Å². The van der Waals surface area contributed by atoms with Crippen molar-refractivity contribution in [1.82, 2.24) is 14.9 Å². The number of benzene rings is 2. The average Bonchev–Trinajstić information content (AvgIpc) is 3.02. The molecule has 0 aliphatic carbocycles. The summed E-state index contributed by atoms with van der Waals surface area (Å²) in [5.41, 5.74) is 5.95. The second-order valence-electron chi connectivity index (χ2n) is 5.21. The second kappa shape index (κ2) is 4.33. The van der Waals surface area contributed by atoms with Gasteiger partial charge in [0.25, 0.3) is 0 Å². The summed E-state index contributed by atoms with van der Waals surface area (Å²) in [6.07, 6.45) is 0. The number of hydrogen-bond acceptors (Lipinski definition) is 2. The number of nitrogens with zero attached hydrogens (tertiary/aromatic N) is 2. The molecule has 1 aromatic heterocycles. The molecule has 0 saturated carbocycles. The molecule has 20 heavy (non-hydrogen) atoms. The standard InChI is InChI=1S/C16H14ClN3/c1-20-15-5-4-13(17)7-14(15)19-16(20)10-2-3-11-8-18-9-12(11)6-10/h2-7,18H,8-9H2,1H3. The number of imidazole rings is 1. The van der Waals surface area contributed by atoms with Crippen LogP contribution >= 0.6 is 11.6 Å². The molecule has 100 valence electrons. The van der Waals surface area contributed by atoms with E-state index in [0.29, 0.717) is 0 Å². The number of fused-ring (bicyclic) bond motifs is 2. The predicted octanol–water partition coefficient (Wildman–Crippen LogP) is 3.50. The van der Waals surface area contributed by atoms with Crippen LogP contribution in [0.2, 0.25) is 5.02 Å². The Bertz CT molecular complexity index is 820. The SMILES string of the molecule is Cn1c(-c2ccc3c(c2)CNC3)nc2cc(Cl)ccc21. The first kappa shape index (κ1) is 11.9. The highest BCUT2D eigenvalue weighted by atomic mass is 35.5. The fraction of sp³-hybridized carbons (Fsp3) is 0.188. The van der Waals surface area contributed by atoms with Gasteiger partial charge in [-0.25, -0.2) is 4.98 Å². The zero-order chi connectivity index (χ0) is 13.7. The van der Waals surface area contributed by atoms with Gasteiger partial charge in [0.15, 0.2) is 0 Å². The Hall–Kier alpha value is -1.84.